The SMILES string of the molecule is CCc1c(N)ncnc1NCCCOCCO. The van der Waals surface area contributed by atoms with Crippen molar-refractivity contribution in [3.05, 3.63) is 11.9 Å². The van der Waals surface area contributed by atoms with Crippen LogP contribution in [-0.4, -0.2) is 41.4 Å². The van der Waals surface area contributed by atoms with Crippen molar-refractivity contribution in [2.75, 3.05) is 37.4 Å². The normalized spacial score (nSPS) is 10.5. The van der Waals surface area contributed by atoms with E-state index in [-0.39, 0.29) is 6.61 Å². The summed E-state index contributed by atoms with van der Waals surface area (Å²) < 4.78 is 5.15. The van der Waals surface area contributed by atoms with Gasteiger partial charge in [0.2, 0.25) is 0 Å². The third-order valence-electron chi connectivity index (χ3n) is 2.33. The van der Waals surface area contributed by atoms with E-state index >= 15 is 0 Å². The molecule has 0 spiro atoms. The second kappa shape index (κ2) is 7.81. The van der Waals surface area contributed by atoms with Gasteiger partial charge in [-0.15, -0.1) is 0 Å². The van der Waals surface area contributed by atoms with E-state index in [0.29, 0.717) is 19.0 Å². The van der Waals surface area contributed by atoms with Crippen molar-refractivity contribution in [2.24, 2.45) is 0 Å². The standard InChI is InChI=1S/C11H20N4O2/c1-2-9-10(12)14-8-15-11(9)13-4-3-6-17-7-5-16/h8,16H,2-7H2,1H3,(H3,12,13,14,15). The highest BCUT2D eigenvalue weighted by atomic mass is 16.5. The van der Waals surface area contributed by atoms with E-state index in [4.69, 9.17) is 15.6 Å². The zero-order chi connectivity index (χ0) is 12.5. The molecule has 96 valence electrons. The summed E-state index contributed by atoms with van der Waals surface area (Å²) in [5.41, 5.74) is 6.71. The topological polar surface area (TPSA) is 93.3 Å². The number of nitrogens with one attached hydrogen (secondary N) is 1. The minimum atomic E-state index is 0.0653. The third-order valence-corrected chi connectivity index (χ3v) is 2.33. The van der Waals surface area contributed by atoms with Gasteiger partial charge >= 0.3 is 0 Å². The first-order valence-corrected chi connectivity index (χ1v) is 5.81. The molecule has 1 rings (SSSR count). The molecule has 0 radical (unpaired) electrons. The van der Waals surface area contributed by atoms with Gasteiger partial charge in [0.15, 0.2) is 0 Å². The van der Waals surface area contributed by atoms with Gasteiger partial charge < -0.3 is 20.9 Å². The number of ether oxygens (including phenoxy) is 1. The van der Waals surface area contributed by atoms with Crippen molar-refractivity contribution >= 4 is 11.6 Å². The van der Waals surface area contributed by atoms with Gasteiger partial charge in [-0.05, 0) is 12.8 Å². The number of nitrogens with zero attached hydrogens (tertiary/aromatic N) is 2. The lowest BCUT2D eigenvalue weighted by atomic mass is 10.2. The number of anilines is 2. The molecule has 4 N–H and O–H groups in total. The van der Waals surface area contributed by atoms with Gasteiger partial charge in [0.05, 0.1) is 13.2 Å². The molecule has 0 aromatic carbocycles. The smallest absolute Gasteiger partial charge is 0.134 e. The van der Waals surface area contributed by atoms with Gasteiger partial charge in [0, 0.05) is 18.7 Å². The highest BCUT2D eigenvalue weighted by Crippen LogP contribution is 2.17. The van der Waals surface area contributed by atoms with Gasteiger partial charge in [0.1, 0.15) is 18.0 Å². The summed E-state index contributed by atoms with van der Waals surface area (Å²) in [6.45, 7) is 3.85. The zero-order valence-electron chi connectivity index (χ0n) is 10.1. The van der Waals surface area contributed by atoms with Crippen LogP contribution in [0.5, 0.6) is 0 Å². The third kappa shape index (κ3) is 4.54. The van der Waals surface area contributed by atoms with E-state index in [1.807, 2.05) is 6.92 Å². The van der Waals surface area contributed by atoms with Crippen LogP contribution in [0.15, 0.2) is 6.33 Å². The Labute approximate surface area is 101 Å². The molecule has 0 aliphatic rings. The van der Waals surface area contributed by atoms with Crippen molar-refractivity contribution in [2.45, 2.75) is 19.8 Å². The van der Waals surface area contributed by atoms with Gasteiger partial charge in [-0.3, -0.25) is 0 Å². The maximum absolute atomic E-state index is 8.53. The highest BCUT2D eigenvalue weighted by Gasteiger charge is 2.05. The van der Waals surface area contributed by atoms with Gasteiger partial charge in [-0.25, -0.2) is 9.97 Å². The average Bonchev–Trinajstić information content (AvgIpc) is 2.34. The number of rotatable bonds is 8. The van der Waals surface area contributed by atoms with Crippen molar-refractivity contribution in [3.63, 3.8) is 0 Å². The quantitative estimate of drug-likeness (QED) is 0.571. The van der Waals surface area contributed by atoms with Gasteiger partial charge in [-0.2, -0.15) is 0 Å². The molecule has 0 amide bonds. The number of aromatic nitrogens is 2. The van der Waals surface area contributed by atoms with Crippen LogP contribution in [0, 0.1) is 0 Å². The van der Waals surface area contributed by atoms with Crippen LogP contribution in [0.2, 0.25) is 0 Å². The van der Waals surface area contributed by atoms with E-state index < -0.39 is 0 Å². The van der Waals surface area contributed by atoms with Crippen LogP contribution >= 0.6 is 0 Å². The van der Waals surface area contributed by atoms with Gasteiger partial charge in [-0.1, -0.05) is 6.92 Å². The lowest BCUT2D eigenvalue weighted by Gasteiger charge is -2.10. The number of hydrogen-bond acceptors (Lipinski definition) is 6. The van der Waals surface area contributed by atoms with E-state index in [0.717, 1.165) is 30.8 Å². The second-order valence-corrected chi connectivity index (χ2v) is 3.56. The van der Waals surface area contributed by atoms with Crippen molar-refractivity contribution in [1.82, 2.24) is 9.97 Å². The Morgan fingerprint density at radius 1 is 1.41 bits per heavy atom. The Kier molecular flexibility index (Phi) is 6.27. The first kappa shape index (κ1) is 13.7. The van der Waals surface area contributed by atoms with E-state index in [2.05, 4.69) is 15.3 Å². The van der Waals surface area contributed by atoms with Gasteiger partial charge in [0.25, 0.3) is 0 Å². The molecule has 1 aromatic rings. The van der Waals surface area contributed by atoms with E-state index in [1.54, 1.807) is 0 Å². The Morgan fingerprint density at radius 3 is 2.94 bits per heavy atom. The molecule has 0 fully saturated rings. The van der Waals surface area contributed by atoms with E-state index in [9.17, 15) is 0 Å². The van der Waals surface area contributed by atoms with Crippen LogP contribution in [-0.2, 0) is 11.2 Å². The van der Waals surface area contributed by atoms with E-state index in [1.165, 1.54) is 6.33 Å². The number of nitrogens with two attached hydrogens (primary N) is 1. The Hall–Kier alpha value is -1.40. The fraction of sp³-hybridized carbons (Fsp3) is 0.636. The first-order chi connectivity index (χ1) is 8.29. The minimum Gasteiger partial charge on any atom is -0.394 e. The largest absolute Gasteiger partial charge is 0.394 e. The molecule has 0 saturated carbocycles. The molecule has 1 aromatic heterocycles. The molecule has 1 heterocycles. The van der Waals surface area contributed by atoms with Crippen LogP contribution < -0.4 is 11.1 Å². The molecular weight excluding hydrogens is 220 g/mol. The Morgan fingerprint density at radius 2 is 2.24 bits per heavy atom. The number of aliphatic hydroxyl groups is 1. The number of nitrogen functional groups attached to an aromatic ring is 1. The molecule has 0 atom stereocenters. The van der Waals surface area contributed by atoms with Crippen LogP contribution in [0.1, 0.15) is 18.9 Å². The lowest BCUT2D eigenvalue weighted by Crippen LogP contribution is -2.11. The highest BCUT2D eigenvalue weighted by molar-refractivity contribution is 5.54. The number of aliphatic hydroxyl groups excluding tert-OH is 1. The lowest BCUT2D eigenvalue weighted by molar-refractivity contribution is 0.0922. The predicted octanol–water partition coefficient (Wildman–Crippen LogP) is 0.432. The fourth-order valence-electron chi connectivity index (χ4n) is 1.47. The summed E-state index contributed by atoms with van der Waals surface area (Å²) in [4.78, 5) is 8.11. The fourth-order valence-corrected chi connectivity index (χ4v) is 1.47. The minimum absolute atomic E-state index is 0.0653. The summed E-state index contributed by atoms with van der Waals surface area (Å²) in [7, 11) is 0. The zero-order valence-corrected chi connectivity index (χ0v) is 10.1. The first-order valence-electron chi connectivity index (χ1n) is 5.81. The summed E-state index contributed by atoms with van der Waals surface area (Å²) in [6.07, 6.45) is 3.11. The number of hydrogen-bond donors (Lipinski definition) is 3. The summed E-state index contributed by atoms with van der Waals surface area (Å²) in [6, 6.07) is 0. The molecular formula is C11H20N4O2. The molecule has 0 aliphatic heterocycles. The summed E-state index contributed by atoms with van der Waals surface area (Å²) in [5.74, 6) is 1.32. The monoisotopic (exact) mass is 240 g/mol. The van der Waals surface area contributed by atoms with Crippen LogP contribution in [0.4, 0.5) is 11.6 Å². The maximum Gasteiger partial charge on any atom is 0.134 e. The summed E-state index contributed by atoms with van der Waals surface area (Å²) in [5, 5.41) is 11.7. The van der Waals surface area contributed by atoms with Crippen molar-refractivity contribution in [3.8, 4) is 0 Å². The average molecular weight is 240 g/mol. The van der Waals surface area contributed by atoms with Crippen LogP contribution in [0.3, 0.4) is 0 Å². The Balaban J connectivity index is 2.33. The predicted molar refractivity (Wildman–Crippen MR) is 66.8 cm³/mol. The van der Waals surface area contributed by atoms with Crippen molar-refractivity contribution in [1.29, 1.82) is 0 Å². The molecule has 6 heteroatoms. The van der Waals surface area contributed by atoms with Crippen LogP contribution in [0.25, 0.3) is 0 Å². The molecule has 17 heavy (non-hydrogen) atoms. The second-order valence-electron chi connectivity index (χ2n) is 3.56. The molecule has 0 aliphatic carbocycles. The Bertz CT molecular complexity index is 333. The van der Waals surface area contributed by atoms with Crippen molar-refractivity contribution < 1.29 is 9.84 Å². The molecule has 6 nitrogen and oxygen atoms in total. The summed E-state index contributed by atoms with van der Waals surface area (Å²) >= 11 is 0. The molecule has 0 saturated heterocycles. The molecule has 0 bridgehead atoms. The maximum atomic E-state index is 8.53. The molecule has 0 unspecified atom stereocenters.